The van der Waals surface area contributed by atoms with Crippen molar-refractivity contribution < 1.29 is 4.74 Å². The maximum Gasteiger partial charge on any atom is 0.224 e. The molecule has 0 unspecified atom stereocenters. The predicted molar refractivity (Wildman–Crippen MR) is 80.3 cm³/mol. The standard InChI is InChI=1S/C16H15N3O/c1-11-18-15(17-2)10-16(19-11)20-14-8-7-12-5-3-4-6-13(12)9-14/h3-10H,1-2H3,(H,17,18,19). The highest BCUT2D eigenvalue weighted by Gasteiger charge is 2.04. The molecule has 4 nitrogen and oxygen atoms in total. The molecule has 0 spiro atoms. The maximum atomic E-state index is 5.82. The number of aryl methyl sites for hydroxylation is 1. The fourth-order valence-corrected chi connectivity index (χ4v) is 2.07. The Labute approximate surface area is 117 Å². The van der Waals surface area contributed by atoms with Crippen molar-refractivity contribution in [2.75, 3.05) is 12.4 Å². The molecule has 3 rings (SSSR count). The zero-order chi connectivity index (χ0) is 13.9. The van der Waals surface area contributed by atoms with Crippen LogP contribution in [0, 0.1) is 6.92 Å². The van der Waals surface area contributed by atoms with E-state index in [1.54, 1.807) is 6.07 Å². The normalized spacial score (nSPS) is 10.5. The van der Waals surface area contributed by atoms with Crippen molar-refractivity contribution in [3.05, 3.63) is 54.4 Å². The molecule has 2 aromatic carbocycles. The van der Waals surface area contributed by atoms with Crippen LogP contribution >= 0.6 is 0 Å². The van der Waals surface area contributed by atoms with Crippen LogP contribution in [0.4, 0.5) is 5.82 Å². The van der Waals surface area contributed by atoms with Gasteiger partial charge in [0.1, 0.15) is 17.4 Å². The summed E-state index contributed by atoms with van der Waals surface area (Å²) in [6, 6.07) is 15.9. The van der Waals surface area contributed by atoms with Crippen LogP contribution in [0.25, 0.3) is 10.8 Å². The summed E-state index contributed by atoms with van der Waals surface area (Å²) >= 11 is 0. The molecule has 4 heteroatoms. The summed E-state index contributed by atoms with van der Waals surface area (Å²) in [5.74, 6) is 2.72. The van der Waals surface area contributed by atoms with Crippen LogP contribution in [0.15, 0.2) is 48.5 Å². The molecule has 0 bridgehead atoms. The average Bonchev–Trinajstić information content (AvgIpc) is 2.46. The van der Waals surface area contributed by atoms with Gasteiger partial charge in [0.2, 0.25) is 5.88 Å². The number of fused-ring (bicyclic) bond motifs is 1. The van der Waals surface area contributed by atoms with Gasteiger partial charge in [-0.1, -0.05) is 30.3 Å². The molecular formula is C16H15N3O. The van der Waals surface area contributed by atoms with E-state index in [2.05, 4.69) is 27.4 Å². The van der Waals surface area contributed by atoms with E-state index < -0.39 is 0 Å². The van der Waals surface area contributed by atoms with Crippen molar-refractivity contribution in [2.45, 2.75) is 6.92 Å². The minimum Gasteiger partial charge on any atom is -0.439 e. The van der Waals surface area contributed by atoms with Crippen LogP contribution in [0.2, 0.25) is 0 Å². The van der Waals surface area contributed by atoms with E-state index in [0.29, 0.717) is 11.7 Å². The molecule has 20 heavy (non-hydrogen) atoms. The number of rotatable bonds is 3. The van der Waals surface area contributed by atoms with Crippen molar-refractivity contribution in [2.24, 2.45) is 0 Å². The Kier molecular flexibility index (Phi) is 3.21. The Morgan fingerprint density at radius 1 is 0.950 bits per heavy atom. The number of aromatic nitrogens is 2. The van der Waals surface area contributed by atoms with Crippen LogP contribution in [0.5, 0.6) is 11.6 Å². The molecule has 1 heterocycles. The Balaban J connectivity index is 1.94. The second-order valence-corrected chi connectivity index (χ2v) is 4.50. The topological polar surface area (TPSA) is 47.0 Å². The second-order valence-electron chi connectivity index (χ2n) is 4.50. The monoisotopic (exact) mass is 265 g/mol. The smallest absolute Gasteiger partial charge is 0.224 e. The molecule has 0 atom stereocenters. The van der Waals surface area contributed by atoms with Crippen LogP contribution in [0.3, 0.4) is 0 Å². The number of hydrogen-bond acceptors (Lipinski definition) is 4. The Hall–Kier alpha value is -2.62. The summed E-state index contributed by atoms with van der Waals surface area (Å²) in [5, 5.41) is 5.33. The van der Waals surface area contributed by atoms with E-state index >= 15 is 0 Å². The molecule has 0 saturated carbocycles. The van der Waals surface area contributed by atoms with Crippen molar-refractivity contribution in [1.82, 2.24) is 9.97 Å². The van der Waals surface area contributed by atoms with Gasteiger partial charge in [-0.25, -0.2) is 4.98 Å². The average molecular weight is 265 g/mol. The van der Waals surface area contributed by atoms with Gasteiger partial charge in [-0.05, 0) is 29.8 Å². The van der Waals surface area contributed by atoms with Gasteiger partial charge in [0.05, 0.1) is 0 Å². The molecule has 0 amide bonds. The van der Waals surface area contributed by atoms with Gasteiger partial charge in [-0.2, -0.15) is 4.98 Å². The molecule has 0 aliphatic rings. The van der Waals surface area contributed by atoms with Crippen molar-refractivity contribution in [3.8, 4) is 11.6 Å². The molecule has 1 aromatic heterocycles. The lowest BCUT2D eigenvalue weighted by molar-refractivity contribution is 0.461. The molecular weight excluding hydrogens is 250 g/mol. The fourth-order valence-electron chi connectivity index (χ4n) is 2.07. The lowest BCUT2D eigenvalue weighted by Gasteiger charge is -2.08. The molecule has 0 aliphatic carbocycles. The number of nitrogens with one attached hydrogen (secondary N) is 1. The minimum absolute atomic E-state index is 0.539. The predicted octanol–water partition coefficient (Wildman–Crippen LogP) is 3.77. The van der Waals surface area contributed by atoms with E-state index in [1.165, 1.54) is 5.39 Å². The Bertz CT molecular complexity index is 756. The first-order valence-electron chi connectivity index (χ1n) is 6.45. The van der Waals surface area contributed by atoms with E-state index in [1.807, 2.05) is 44.3 Å². The summed E-state index contributed by atoms with van der Waals surface area (Å²) < 4.78 is 5.82. The Morgan fingerprint density at radius 3 is 2.55 bits per heavy atom. The first kappa shape index (κ1) is 12.4. The highest BCUT2D eigenvalue weighted by molar-refractivity contribution is 5.83. The fraction of sp³-hybridized carbons (Fsp3) is 0.125. The van der Waals surface area contributed by atoms with Gasteiger partial charge in [0.15, 0.2) is 0 Å². The third-order valence-electron chi connectivity index (χ3n) is 3.01. The van der Waals surface area contributed by atoms with Crippen LogP contribution in [-0.2, 0) is 0 Å². The highest BCUT2D eigenvalue weighted by atomic mass is 16.5. The van der Waals surface area contributed by atoms with Gasteiger partial charge in [0, 0.05) is 13.1 Å². The summed E-state index contributed by atoms with van der Waals surface area (Å²) in [7, 11) is 1.82. The largest absolute Gasteiger partial charge is 0.439 e. The summed E-state index contributed by atoms with van der Waals surface area (Å²) in [4.78, 5) is 8.53. The number of ether oxygens (including phenoxy) is 1. The molecule has 0 fully saturated rings. The number of hydrogen-bond donors (Lipinski definition) is 1. The molecule has 100 valence electrons. The van der Waals surface area contributed by atoms with Crippen LogP contribution in [-0.4, -0.2) is 17.0 Å². The molecule has 0 saturated heterocycles. The lowest BCUT2D eigenvalue weighted by Crippen LogP contribution is -1.98. The Morgan fingerprint density at radius 2 is 1.75 bits per heavy atom. The molecule has 0 radical (unpaired) electrons. The highest BCUT2D eigenvalue weighted by Crippen LogP contribution is 2.25. The summed E-state index contributed by atoms with van der Waals surface area (Å²) in [5.41, 5.74) is 0. The van der Waals surface area contributed by atoms with Gasteiger partial charge >= 0.3 is 0 Å². The van der Waals surface area contributed by atoms with Crippen molar-refractivity contribution in [3.63, 3.8) is 0 Å². The third-order valence-corrected chi connectivity index (χ3v) is 3.01. The van der Waals surface area contributed by atoms with Gasteiger partial charge < -0.3 is 10.1 Å². The number of benzene rings is 2. The zero-order valence-electron chi connectivity index (χ0n) is 11.4. The minimum atomic E-state index is 0.539. The summed E-state index contributed by atoms with van der Waals surface area (Å²) in [6.07, 6.45) is 0. The van der Waals surface area contributed by atoms with Gasteiger partial charge in [-0.3, -0.25) is 0 Å². The van der Waals surface area contributed by atoms with E-state index in [-0.39, 0.29) is 0 Å². The van der Waals surface area contributed by atoms with Gasteiger partial charge in [-0.15, -0.1) is 0 Å². The van der Waals surface area contributed by atoms with E-state index in [9.17, 15) is 0 Å². The number of anilines is 1. The zero-order valence-corrected chi connectivity index (χ0v) is 11.4. The third kappa shape index (κ3) is 2.54. The van der Waals surface area contributed by atoms with Crippen molar-refractivity contribution >= 4 is 16.6 Å². The summed E-state index contributed by atoms with van der Waals surface area (Å²) in [6.45, 7) is 1.84. The van der Waals surface area contributed by atoms with E-state index in [0.717, 1.165) is 17.0 Å². The molecule has 0 aliphatic heterocycles. The van der Waals surface area contributed by atoms with E-state index in [4.69, 9.17) is 4.74 Å². The second kappa shape index (κ2) is 5.17. The quantitative estimate of drug-likeness (QED) is 0.783. The first-order valence-corrected chi connectivity index (χ1v) is 6.45. The number of nitrogens with zero attached hydrogens (tertiary/aromatic N) is 2. The van der Waals surface area contributed by atoms with Crippen LogP contribution in [0.1, 0.15) is 5.82 Å². The molecule has 1 N–H and O–H groups in total. The van der Waals surface area contributed by atoms with Gasteiger partial charge in [0.25, 0.3) is 0 Å². The lowest BCUT2D eigenvalue weighted by atomic mass is 10.1. The van der Waals surface area contributed by atoms with Crippen molar-refractivity contribution in [1.29, 1.82) is 0 Å². The van der Waals surface area contributed by atoms with Crippen LogP contribution < -0.4 is 10.1 Å². The SMILES string of the molecule is CNc1cc(Oc2ccc3ccccc3c2)nc(C)n1. The first-order chi connectivity index (χ1) is 9.74. The molecule has 3 aromatic rings. The maximum absolute atomic E-state index is 5.82.